The van der Waals surface area contributed by atoms with Crippen LogP contribution in [0.1, 0.15) is 12.8 Å². The van der Waals surface area contributed by atoms with Crippen LogP contribution in [-0.4, -0.2) is 34.3 Å². The average Bonchev–Trinajstić information content (AvgIpc) is 3.20. The Bertz CT molecular complexity index is 571. The Morgan fingerprint density at radius 3 is 2.89 bits per heavy atom. The maximum Gasteiger partial charge on any atom is 0.140 e. The molecule has 4 nitrogen and oxygen atoms in total. The highest BCUT2D eigenvalue weighted by Gasteiger charge is 2.30. The van der Waals surface area contributed by atoms with Crippen LogP contribution in [0.3, 0.4) is 0 Å². The van der Waals surface area contributed by atoms with E-state index in [1.807, 2.05) is 12.1 Å². The van der Waals surface area contributed by atoms with Gasteiger partial charge in [-0.25, -0.2) is 9.97 Å². The quantitative estimate of drug-likeness (QED) is 0.855. The van der Waals surface area contributed by atoms with Crippen LogP contribution in [0.15, 0.2) is 24.5 Å². The number of halogens is 1. The number of fused-ring (bicyclic) bond motifs is 1. The van der Waals surface area contributed by atoms with Gasteiger partial charge in [0.2, 0.25) is 0 Å². The van der Waals surface area contributed by atoms with Crippen molar-refractivity contribution in [2.24, 2.45) is 0 Å². The number of hydrogen-bond acceptors (Lipinski definition) is 4. The van der Waals surface area contributed by atoms with E-state index in [4.69, 9.17) is 0 Å². The summed E-state index contributed by atoms with van der Waals surface area (Å²) in [6.45, 7) is 0.800. The SMILES string of the molecule is OCCN(c1ncnc2ccc(I)cc12)C1CC1. The molecule has 0 spiro atoms. The molecule has 2 aromatic rings. The van der Waals surface area contributed by atoms with Crippen LogP contribution in [0.25, 0.3) is 10.9 Å². The van der Waals surface area contributed by atoms with Crippen molar-refractivity contribution in [3.63, 3.8) is 0 Å². The summed E-state index contributed by atoms with van der Waals surface area (Å²) in [5.41, 5.74) is 0.962. The Morgan fingerprint density at radius 1 is 1.33 bits per heavy atom. The largest absolute Gasteiger partial charge is 0.395 e. The van der Waals surface area contributed by atoms with E-state index in [2.05, 4.69) is 43.5 Å². The van der Waals surface area contributed by atoms with E-state index in [0.717, 1.165) is 16.7 Å². The van der Waals surface area contributed by atoms with Gasteiger partial charge in [0.05, 0.1) is 12.1 Å². The molecule has 1 aromatic carbocycles. The van der Waals surface area contributed by atoms with E-state index in [1.54, 1.807) is 6.33 Å². The van der Waals surface area contributed by atoms with Crippen molar-refractivity contribution in [3.05, 3.63) is 28.1 Å². The van der Waals surface area contributed by atoms with Crippen molar-refractivity contribution in [3.8, 4) is 0 Å². The Hall–Kier alpha value is -0.950. The molecule has 1 N–H and O–H groups in total. The van der Waals surface area contributed by atoms with Crippen LogP contribution < -0.4 is 4.90 Å². The first-order valence-electron chi connectivity index (χ1n) is 6.07. The predicted octanol–water partition coefficient (Wildman–Crippen LogP) is 2.20. The molecule has 0 atom stereocenters. The summed E-state index contributed by atoms with van der Waals surface area (Å²) in [5, 5.41) is 10.3. The van der Waals surface area contributed by atoms with Gasteiger partial charge in [-0.2, -0.15) is 0 Å². The third-order valence-corrected chi connectivity index (χ3v) is 3.85. The summed E-state index contributed by atoms with van der Waals surface area (Å²) in [6.07, 6.45) is 3.99. The maximum atomic E-state index is 9.21. The highest BCUT2D eigenvalue weighted by Crippen LogP contribution is 2.33. The maximum absolute atomic E-state index is 9.21. The van der Waals surface area contributed by atoms with Gasteiger partial charge in [0.15, 0.2) is 0 Å². The summed E-state index contributed by atoms with van der Waals surface area (Å²) in [4.78, 5) is 10.9. The highest BCUT2D eigenvalue weighted by molar-refractivity contribution is 14.1. The lowest BCUT2D eigenvalue weighted by Crippen LogP contribution is -2.30. The molecule has 0 aliphatic heterocycles. The van der Waals surface area contributed by atoms with Crippen LogP contribution >= 0.6 is 22.6 Å². The van der Waals surface area contributed by atoms with Crippen molar-refractivity contribution in [2.45, 2.75) is 18.9 Å². The molecule has 1 fully saturated rings. The molecule has 5 heteroatoms. The van der Waals surface area contributed by atoms with Crippen LogP contribution in [0.2, 0.25) is 0 Å². The lowest BCUT2D eigenvalue weighted by molar-refractivity contribution is 0.301. The second kappa shape index (κ2) is 4.97. The third-order valence-electron chi connectivity index (χ3n) is 3.18. The number of benzene rings is 1. The van der Waals surface area contributed by atoms with E-state index in [9.17, 15) is 5.11 Å². The zero-order chi connectivity index (χ0) is 12.5. The molecule has 0 amide bonds. The number of nitrogens with zero attached hydrogens (tertiary/aromatic N) is 3. The fraction of sp³-hybridized carbons (Fsp3) is 0.385. The Labute approximate surface area is 119 Å². The molecule has 94 valence electrons. The van der Waals surface area contributed by atoms with Gasteiger partial charge in [0, 0.05) is 21.5 Å². The second-order valence-electron chi connectivity index (χ2n) is 4.51. The first-order chi connectivity index (χ1) is 8.79. The summed E-state index contributed by atoms with van der Waals surface area (Å²) in [6, 6.07) is 6.71. The van der Waals surface area contributed by atoms with Gasteiger partial charge in [-0.15, -0.1) is 0 Å². The van der Waals surface area contributed by atoms with E-state index in [-0.39, 0.29) is 6.61 Å². The minimum absolute atomic E-state index is 0.159. The van der Waals surface area contributed by atoms with Gasteiger partial charge >= 0.3 is 0 Å². The summed E-state index contributed by atoms with van der Waals surface area (Å²) in [5.74, 6) is 0.954. The lowest BCUT2D eigenvalue weighted by atomic mass is 10.2. The van der Waals surface area contributed by atoms with Crippen molar-refractivity contribution in [1.82, 2.24) is 9.97 Å². The summed E-state index contributed by atoms with van der Waals surface area (Å²) in [7, 11) is 0. The van der Waals surface area contributed by atoms with Gasteiger partial charge in [0.1, 0.15) is 12.1 Å². The van der Waals surface area contributed by atoms with Gasteiger partial charge < -0.3 is 10.0 Å². The highest BCUT2D eigenvalue weighted by atomic mass is 127. The van der Waals surface area contributed by atoms with Crippen molar-refractivity contribution in [1.29, 1.82) is 0 Å². The fourth-order valence-electron chi connectivity index (χ4n) is 2.20. The van der Waals surface area contributed by atoms with E-state index in [1.165, 1.54) is 16.4 Å². The fourth-order valence-corrected chi connectivity index (χ4v) is 2.69. The van der Waals surface area contributed by atoms with Gasteiger partial charge in [0.25, 0.3) is 0 Å². The molecule has 0 saturated heterocycles. The van der Waals surface area contributed by atoms with Gasteiger partial charge in [-0.3, -0.25) is 0 Å². The number of hydrogen-bond donors (Lipinski definition) is 1. The molecule has 0 unspecified atom stereocenters. The van der Waals surface area contributed by atoms with E-state index < -0.39 is 0 Å². The first kappa shape index (κ1) is 12.1. The van der Waals surface area contributed by atoms with E-state index in [0.29, 0.717) is 12.6 Å². The number of aliphatic hydroxyl groups excluding tert-OH is 1. The molecule has 0 radical (unpaired) electrons. The molecule has 1 aliphatic rings. The minimum Gasteiger partial charge on any atom is -0.395 e. The monoisotopic (exact) mass is 355 g/mol. The molecule has 0 bridgehead atoms. The number of rotatable bonds is 4. The average molecular weight is 355 g/mol. The van der Waals surface area contributed by atoms with Crippen LogP contribution in [0, 0.1) is 3.57 Å². The van der Waals surface area contributed by atoms with Crippen LogP contribution in [0.5, 0.6) is 0 Å². The Morgan fingerprint density at radius 2 is 2.17 bits per heavy atom. The molecule has 18 heavy (non-hydrogen) atoms. The van der Waals surface area contributed by atoms with Crippen LogP contribution in [-0.2, 0) is 0 Å². The molecular formula is C13H14IN3O. The molecule has 3 rings (SSSR count). The van der Waals surface area contributed by atoms with Crippen molar-refractivity contribution < 1.29 is 5.11 Å². The minimum atomic E-state index is 0.159. The van der Waals surface area contributed by atoms with E-state index >= 15 is 0 Å². The Kier molecular flexibility index (Phi) is 3.34. The number of aliphatic hydroxyl groups is 1. The molecular weight excluding hydrogens is 341 g/mol. The molecule has 1 aromatic heterocycles. The third kappa shape index (κ3) is 2.29. The smallest absolute Gasteiger partial charge is 0.140 e. The second-order valence-corrected chi connectivity index (χ2v) is 5.75. The number of aromatic nitrogens is 2. The van der Waals surface area contributed by atoms with Crippen molar-refractivity contribution >= 4 is 39.3 Å². The van der Waals surface area contributed by atoms with Crippen molar-refractivity contribution in [2.75, 3.05) is 18.1 Å². The summed E-state index contributed by atoms with van der Waals surface area (Å²) >= 11 is 2.30. The summed E-state index contributed by atoms with van der Waals surface area (Å²) < 4.78 is 1.18. The van der Waals surface area contributed by atoms with Gasteiger partial charge in [-0.1, -0.05) is 0 Å². The molecule has 1 heterocycles. The normalized spacial score (nSPS) is 15.0. The molecule has 1 aliphatic carbocycles. The zero-order valence-corrected chi connectivity index (χ0v) is 12.0. The molecule has 1 saturated carbocycles. The van der Waals surface area contributed by atoms with Crippen LogP contribution in [0.4, 0.5) is 5.82 Å². The topological polar surface area (TPSA) is 49.2 Å². The number of anilines is 1. The lowest BCUT2D eigenvalue weighted by Gasteiger charge is -2.23. The first-order valence-corrected chi connectivity index (χ1v) is 7.15. The Balaban J connectivity index is 2.11. The van der Waals surface area contributed by atoms with Gasteiger partial charge in [-0.05, 0) is 53.6 Å². The predicted molar refractivity (Wildman–Crippen MR) is 79.7 cm³/mol. The standard InChI is InChI=1S/C13H14IN3O/c14-9-1-4-12-11(7-9)13(16-8-15-12)17(5-6-18)10-2-3-10/h1,4,7-8,10,18H,2-3,5-6H2. The zero-order valence-electron chi connectivity index (χ0n) is 9.88.